The molecule has 1 aromatic carbocycles. The van der Waals surface area contributed by atoms with Crippen molar-refractivity contribution in [2.24, 2.45) is 0 Å². The highest BCUT2D eigenvalue weighted by Gasteiger charge is 2.09. The van der Waals surface area contributed by atoms with Gasteiger partial charge in [-0.15, -0.1) is 0 Å². The highest BCUT2D eigenvalue weighted by Crippen LogP contribution is 2.12. The minimum atomic E-state index is -0.104. The van der Waals surface area contributed by atoms with Crippen LogP contribution in [-0.2, 0) is 6.42 Å². The zero-order chi connectivity index (χ0) is 12.3. The molecule has 1 heterocycles. The Morgan fingerprint density at radius 1 is 1.29 bits per heavy atom. The van der Waals surface area contributed by atoms with Gasteiger partial charge in [-0.25, -0.2) is 9.97 Å². The Labute approximate surface area is 104 Å². The van der Waals surface area contributed by atoms with Crippen molar-refractivity contribution in [1.82, 2.24) is 9.97 Å². The highest BCUT2D eigenvalue weighted by molar-refractivity contribution is 6.30. The first-order valence-electron chi connectivity index (χ1n) is 5.21. The molecular weight excluding hydrogens is 236 g/mol. The number of nitrogens with zero attached hydrogens (tertiary/aromatic N) is 2. The van der Waals surface area contributed by atoms with E-state index in [1.54, 1.807) is 24.5 Å². The number of aryl methyl sites for hydroxylation is 1. The van der Waals surface area contributed by atoms with Crippen LogP contribution in [0.5, 0.6) is 0 Å². The third kappa shape index (κ3) is 3.11. The van der Waals surface area contributed by atoms with Crippen molar-refractivity contribution < 1.29 is 4.79 Å². The van der Waals surface area contributed by atoms with Crippen LogP contribution in [0.2, 0.25) is 5.02 Å². The van der Waals surface area contributed by atoms with Crippen molar-refractivity contribution in [3.63, 3.8) is 0 Å². The van der Waals surface area contributed by atoms with E-state index in [1.807, 2.05) is 19.1 Å². The second kappa shape index (κ2) is 5.06. The van der Waals surface area contributed by atoms with Crippen molar-refractivity contribution in [2.45, 2.75) is 13.3 Å². The Kier molecular flexibility index (Phi) is 3.49. The number of ketones is 1. The fourth-order valence-corrected chi connectivity index (χ4v) is 1.66. The Bertz CT molecular complexity index is 537. The molecule has 0 aliphatic carbocycles. The molecule has 0 spiro atoms. The first kappa shape index (κ1) is 11.7. The quantitative estimate of drug-likeness (QED) is 0.782. The molecule has 0 radical (unpaired) electrons. The van der Waals surface area contributed by atoms with Crippen LogP contribution in [0.25, 0.3) is 0 Å². The molecule has 2 aromatic rings. The normalized spacial score (nSPS) is 10.2. The molecule has 0 N–H and O–H groups in total. The second-order valence-electron chi connectivity index (χ2n) is 3.81. The Balaban J connectivity index is 2.14. The van der Waals surface area contributed by atoms with Crippen molar-refractivity contribution in [3.05, 3.63) is 58.6 Å². The Morgan fingerprint density at radius 2 is 2.00 bits per heavy atom. The van der Waals surface area contributed by atoms with Gasteiger partial charge >= 0.3 is 0 Å². The molecule has 1 aromatic heterocycles. The minimum Gasteiger partial charge on any atom is -0.290 e. The number of Topliss-reactive ketones (excluding diaryl/α,β-unsaturated/α-hetero) is 1. The fourth-order valence-electron chi connectivity index (χ4n) is 1.45. The molecule has 2 rings (SSSR count). The van der Waals surface area contributed by atoms with Gasteiger partial charge in [0.2, 0.25) is 5.78 Å². The molecule has 3 nitrogen and oxygen atoms in total. The van der Waals surface area contributed by atoms with E-state index in [9.17, 15) is 4.79 Å². The first-order valence-corrected chi connectivity index (χ1v) is 5.59. The predicted molar refractivity (Wildman–Crippen MR) is 66.3 cm³/mol. The van der Waals surface area contributed by atoms with E-state index in [0.717, 1.165) is 11.1 Å². The summed E-state index contributed by atoms with van der Waals surface area (Å²) in [6.07, 6.45) is 3.54. The van der Waals surface area contributed by atoms with E-state index in [0.29, 0.717) is 5.02 Å². The van der Waals surface area contributed by atoms with Gasteiger partial charge in [0.25, 0.3) is 0 Å². The summed E-state index contributed by atoms with van der Waals surface area (Å²) < 4.78 is 0. The largest absolute Gasteiger partial charge is 0.290 e. The maximum Gasteiger partial charge on any atom is 0.204 e. The number of hydrogen-bond donors (Lipinski definition) is 0. The molecule has 17 heavy (non-hydrogen) atoms. The summed E-state index contributed by atoms with van der Waals surface area (Å²) in [6.45, 7) is 1.88. The average molecular weight is 247 g/mol. The van der Waals surface area contributed by atoms with E-state index in [-0.39, 0.29) is 18.0 Å². The van der Waals surface area contributed by atoms with Crippen LogP contribution in [0.3, 0.4) is 0 Å². The van der Waals surface area contributed by atoms with Crippen molar-refractivity contribution >= 4 is 17.4 Å². The third-order valence-corrected chi connectivity index (χ3v) is 2.52. The van der Waals surface area contributed by atoms with Crippen LogP contribution in [-0.4, -0.2) is 15.8 Å². The summed E-state index contributed by atoms with van der Waals surface area (Å²) in [7, 11) is 0. The van der Waals surface area contributed by atoms with Gasteiger partial charge in [0.15, 0.2) is 5.82 Å². The lowest BCUT2D eigenvalue weighted by Crippen LogP contribution is -2.08. The number of hydrogen-bond acceptors (Lipinski definition) is 3. The van der Waals surface area contributed by atoms with Gasteiger partial charge in [0.1, 0.15) is 0 Å². The van der Waals surface area contributed by atoms with Gasteiger partial charge in [-0.2, -0.15) is 0 Å². The lowest BCUT2D eigenvalue weighted by Gasteiger charge is -2.01. The molecular formula is C13H11ClN2O. The molecule has 0 aliphatic heterocycles. The third-order valence-electron chi connectivity index (χ3n) is 2.28. The standard InChI is InChI=1S/C13H11ClN2O/c1-9-7-15-13(16-8-9)12(17)6-10-3-2-4-11(14)5-10/h2-5,7-8H,6H2,1H3. The van der Waals surface area contributed by atoms with E-state index in [4.69, 9.17) is 11.6 Å². The van der Waals surface area contributed by atoms with E-state index in [1.165, 1.54) is 0 Å². The molecule has 0 bridgehead atoms. The summed E-state index contributed by atoms with van der Waals surface area (Å²) in [6, 6.07) is 7.23. The minimum absolute atomic E-state index is 0.104. The van der Waals surface area contributed by atoms with Crippen LogP contribution in [0.1, 0.15) is 21.7 Å². The second-order valence-corrected chi connectivity index (χ2v) is 4.25. The maximum atomic E-state index is 11.9. The number of halogens is 1. The number of rotatable bonds is 3. The van der Waals surface area contributed by atoms with Gasteiger partial charge in [0.05, 0.1) is 0 Å². The van der Waals surface area contributed by atoms with Gasteiger partial charge < -0.3 is 0 Å². The molecule has 0 atom stereocenters. The van der Waals surface area contributed by atoms with Crippen LogP contribution in [0.4, 0.5) is 0 Å². The fraction of sp³-hybridized carbons (Fsp3) is 0.154. The number of carbonyl (C=O) groups is 1. The number of carbonyl (C=O) groups excluding carboxylic acids is 1. The maximum absolute atomic E-state index is 11.9. The van der Waals surface area contributed by atoms with E-state index >= 15 is 0 Å². The van der Waals surface area contributed by atoms with Crippen molar-refractivity contribution in [3.8, 4) is 0 Å². The molecule has 0 unspecified atom stereocenters. The number of aromatic nitrogens is 2. The van der Waals surface area contributed by atoms with Crippen LogP contribution >= 0.6 is 11.6 Å². The summed E-state index contributed by atoms with van der Waals surface area (Å²) in [5.74, 6) is 0.142. The SMILES string of the molecule is Cc1cnc(C(=O)Cc2cccc(Cl)c2)nc1. The molecule has 0 fully saturated rings. The molecule has 4 heteroatoms. The topological polar surface area (TPSA) is 42.9 Å². The summed E-state index contributed by atoms with van der Waals surface area (Å²) in [5, 5.41) is 0.625. The summed E-state index contributed by atoms with van der Waals surface area (Å²) in [4.78, 5) is 19.9. The van der Waals surface area contributed by atoms with Gasteiger partial charge in [-0.1, -0.05) is 23.7 Å². The van der Waals surface area contributed by atoms with Crippen LogP contribution < -0.4 is 0 Å². The monoisotopic (exact) mass is 246 g/mol. The Morgan fingerprint density at radius 3 is 2.65 bits per heavy atom. The van der Waals surface area contributed by atoms with Gasteiger partial charge in [-0.3, -0.25) is 4.79 Å². The smallest absolute Gasteiger partial charge is 0.204 e. The zero-order valence-corrected chi connectivity index (χ0v) is 10.1. The van der Waals surface area contributed by atoms with E-state index in [2.05, 4.69) is 9.97 Å². The lowest BCUT2D eigenvalue weighted by molar-refractivity contribution is 0.0983. The van der Waals surface area contributed by atoms with Gasteiger partial charge in [-0.05, 0) is 30.2 Å². The number of benzene rings is 1. The molecule has 0 aliphatic rings. The molecule has 86 valence electrons. The highest BCUT2D eigenvalue weighted by atomic mass is 35.5. The van der Waals surface area contributed by atoms with Gasteiger partial charge in [0, 0.05) is 23.8 Å². The molecule has 0 saturated carbocycles. The Hall–Kier alpha value is -1.74. The first-order chi connectivity index (χ1) is 8.15. The lowest BCUT2D eigenvalue weighted by atomic mass is 10.1. The summed E-state index contributed by atoms with van der Waals surface area (Å²) in [5.41, 5.74) is 1.80. The predicted octanol–water partition coefficient (Wildman–Crippen LogP) is 2.86. The van der Waals surface area contributed by atoms with E-state index < -0.39 is 0 Å². The molecule has 0 saturated heterocycles. The van der Waals surface area contributed by atoms with Crippen molar-refractivity contribution in [2.75, 3.05) is 0 Å². The van der Waals surface area contributed by atoms with Crippen LogP contribution in [0, 0.1) is 6.92 Å². The zero-order valence-electron chi connectivity index (χ0n) is 9.35. The average Bonchev–Trinajstić information content (AvgIpc) is 2.29. The van der Waals surface area contributed by atoms with Crippen LogP contribution in [0.15, 0.2) is 36.7 Å². The van der Waals surface area contributed by atoms with Crippen molar-refractivity contribution in [1.29, 1.82) is 0 Å². The molecule has 0 amide bonds. The summed E-state index contributed by atoms with van der Waals surface area (Å²) >= 11 is 5.85.